The van der Waals surface area contributed by atoms with E-state index in [2.05, 4.69) is 19.2 Å². The van der Waals surface area contributed by atoms with E-state index in [1.54, 1.807) is 0 Å². The highest BCUT2D eigenvalue weighted by atomic mass is 16.5. The Morgan fingerprint density at radius 2 is 2.05 bits per heavy atom. The molecule has 1 saturated heterocycles. The maximum Gasteiger partial charge on any atom is 0.0690 e. The maximum absolute atomic E-state index is 6.75. The van der Waals surface area contributed by atoms with Crippen LogP contribution in [0.1, 0.15) is 52.4 Å². The van der Waals surface area contributed by atoms with Crippen molar-refractivity contribution < 1.29 is 4.74 Å². The monoisotopic (exact) mass is 266 g/mol. The molecule has 0 bridgehead atoms. The third-order valence-corrected chi connectivity index (χ3v) is 5.98. The van der Waals surface area contributed by atoms with Gasteiger partial charge in [-0.2, -0.15) is 0 Å². The average Bonchev–Trinajstić information content (AvgIpc) is 3.22. The molecule has 0 aromatic rings. The van der Waals surface area contributed by atoms with Crippen LogP contribution in [0.4, 0.5) is 0 Å². The van der Waals surface area contributed by atoms with Gasteiger partial charge in [-0.05, 0) is 38.1 Å². The summed E-state index contributed by atoms with van der Waals surface area (Å²) in [6, 6.07) is 0. The third kappa shape index (κ3) is 2.34. The molecule has 1 aliphatic heterocycles. The standard InChI is InChI=1S/C16H30N2O/c1-15(2)14-13(6-4-10-19-14)16(15,17)11-18-9-3-5-12-7-8-12/h12-14,18H,3-11,17H2,1-2H3. The highest BCUT2D eigenvalue weighted by molar-refractivity contribution is 5.20. The van der Waals surface area contributed by atoms with E-state index in [9.17, 15) is 0 Å². The van der Waals surface area contributed by atoms with Crippen molar-refractivity contribution in [1.29, 1.82) is 0 Å². The molecule has 3 atom stereocenters. The van der Waals surface area contributed by atoms with E-state index in [1.807, 2.05) is 0 Å². The Labute approximate surface area is 117 Å². The Bertz CT molecular complexity index is 327. The van der Waals surface area contributed by atoms with Crippen LogP contribution < -0.4 is 11.1 Å². The molecule has 3 aliphatic rings. The fourth-order valence-electron chi connectivity index (χ4n) is 4.24. The predicted octanol–water partition coefficient (Wildman–Crippen LogP) is 2.30. The Balaban J connectivity index is 1.47. The van der Waals surface area contributed by atoms with Crippen molar-refractivity contribution in [2.45, 2.75) is 64.0 Å². The van der Waals surface area contributed by atoms with E-state index >= 15 is 0 Å². The lowest BCUT2D eigenvalue weighted by molar-refractivity contribution is -0.225. The van der Waals surface area contributed by atoms with Crippen molar-refractivity contribution in [3.05, 3.63) is 0 Å². The Hall–Kier alpha value is -0.120. The number of hydrogen-bond donors (Lipinski definition) is 2. The van der Waals surface area contributed by atoms with Gasteiger partial charge in [0, 0.05) is 30.0 Å². The topological polar surface area (TPSA) is 47.3 Å². The van der Waals surface area contributed by atoms with Gasteiger partial charge < -0.3 is 15.8 Å². The zero-order chi connectivity index (χ0) is 13.5. The summed E-state index contributed by atoms with van der Waals surface area (Å²) < 4.78 is 5.95. The van der Waals surface area contributed by atoms with Crippen molar-refractivity contribution in [3.8, 4) is 0 Å². The number of rotatable bonds is 6. The van der Waals surface area contributed by atoms with E-state index < -0.39 is 0 Å². The van der Waals surface area contributed by atoms with Gasteiger partial charge in [-0.1, -0.05) is 26.7 Å². The molecule has 0 aromatic carbocycles. The molecule has 0 radical (unpaired) electrons. The molecule has 3 rings (SSSR count). The summed E-state index contributed by atoms with van der Waals surface area (Å²) in [6.07, 6.45) is 8.46. The SMILES string of the molecule is CC1(C)C2OCCCC2C1(N)CNCCCC1CC1. The summed E-state index contributed by atoms with van der Waals surface area (Å²) >= 11 is 0. The van der Waals surface area contributed by atoms with Crippen molar-refractivity contribution >= 4 is 0 Å². The van der Waals surface area contributed by atoms with E-state index in [0.29, 0.717) is 12.0 Å². The summed E-state index contributed by atoms with van der Waals surface area (Å²) in [5, 5.41) is 3.62. The minimum Gasteiger partial charge on any atom is -0.377 e. The second-order valence-electron chi connectivity index (χ2n) is 7.56. The minimum atomic E-state index is -0.0718. The molecule has 0 amide bonds. The summed E-state index contributed by atoms with van der Waals surface area (Å²) in [5.74, 6) is 1.61. The number of hydrogen-bond acceptors (Lipinski definition) is 3. The molecular weight excluding hydrogens is 236 g/mol. The molecule has 110 valence electrons. The smallest absolute Gasteiger partial charge is 0.0690 e. The van der Waals surface area contributed by atoms with Gasteiger partial charge in [0.25, 0.3) is 0 Å². The highest BCUT2D eigenvalue weighted by Crippen LogP contribution is 2.56. The second kappa shape index (κ2) is 5.01. The van der Waals surface area contributed by atoms with Crippen LogP contribution in [0.25, 0.3) is 0 Å². The van der Waals surface area contributed by atoms with Crippen LogP contribution in [0, 0.1) is 17.3 Å². The molecule has 0 aromatic heterocycles. The molecule has 2 saturated carbocycles. The Kier molecular flexibility index (Phi) is 3.65. The van der Waals surface area contributed by atoms with Crippen molar-refractivity contribution in [3.63, 3.8) is 0 Å². The zero-order valence-corrected chi connectivity index (χ0v) is 12.6. The quantitative estimate of drug-likeness (QED) is 0.725. The molecule has 0 spiro atoms. The number of fused-ring (bicyclic) bond motifs is 1. The molecule has 3 unspecified atom stereocenters. The van der Waals surface area contributed by atoms with Gasteiger partial charge in [0.05, 0.1) is 6.10 Å². The molecule has 2 aliphatic carbocycles. The van der Waals surface area contributed by atoms with Crippen molar-refractivity contribution in [2.24, 2.45) is 23.0 Å². The normalized spacial score (nSPS) is 40.6. The first-order valence-corrected chi connectivity index (χ1v) is 8.17. The Morgan fingerprint density at radius 1 is 1.26 bits per heavy atom. The summed E-state index contributed by atoms with van der Waals surface area (Å²) in [4.78, 5) is 0. The fourth-order valence-corrected chi connectivity index (χ4v) is 4.24. The van der Waals surface area contributed by atoms with Crippen LogP contribution in [-0.4, -0.2) is 31.3 Å². The van der Waals surface area contributed by atoms with Gasteiger partial charge in [0.15, 0.2) is 0 Å². The van der Waals surface area contributed by atoms with Crippen LogP contribution in [0.3, 0.4) is 0 Å². The lowest BCUT2D eigenvalue weighted by Gasteiger charge is -2.66. The third-order valence-electron chi connectivity index (χ3n) is 5.98. The largest absolute Gasteiger partial charge is 0.377 e. The summed E-state index contributed by atoms with van der Waals surface area (Å²) in [6.45, 7) is 7.57. The van der Waals surface area contributed by atoms with Crippen LogP contribution >= 0.6 is 0 Å². The molecular formula is C16H30N2O. The Morgan fingerprint density at radius 3 is 2.79 bits per heavy atom. The van der Waals surface area contributed by atoms with E-state index in [1.165, 1.54) is 38.5 Å². The minimum absolute atomic E-state index is 0.0718. The first-order chi connectivity index (χ1) is 9.06. The van der Waals surface area contributed by atoms with Gasteiger partial charge in [0.2, 0.25) is 0 Å². The first-order valence-electron chi connectivity index (χ1n) is 8.17. The van der Waals surface area contributed by atoms with Crippen LogP contribution in [0.2, 0.25) is 0 Å². The van der Waals surface area contributed by atoms with Gasteiger partial charge in [-0.3, -0.25) is 0 Å². The predicted molar refractivity (Wildman–Crippen MR) is 78.0 cm³/mol. The molecule has 3 heteroatoms. The first kappa shape index (κ1) is 13.8. The molecule has 3 nitrogen and oxygen atoms in total. The van der Waals surface area contributed by atoms with E-state index in [-0.39, 0.29) is 11.0 Å². The number of nitrogens with two attached hydrogens (primary N) is 1. The molecule has 19 heavy (non-hydrogen) atoms. The maximum atomic E-state index is 6.75. The van der Waals surface area contributed by atoms with Crippen molar-refractivity contribution in [2.75, 3.05) is 19.7 Å². The average molecular weight is 266 g/mol. The second-order valence-corrected chi connectivity index (χ2v) is 7.56. The summed E-state index contributed by atoms with van der Waals surface area (Å²) in [7, 11) is 0. The zero-order valence-electron chi connectivity index (χ0n) is 12.6. The van der Waals surface area contributed by atoms with Gasteiger partial charge in [-0.15, -0.1) is 0 Å². The van der Waals surface area contributed by atoms with Crippen LogP contribution in [0.5, 0.6) is 0 Å². The van der Waals surface area contributed by atoms with Crippen LogP contribution in [0.15, 0.2) is 0 Å². The lowest BCUT2D eigenvalue weighted by Crippen LogP contribution is -2.80. The fraction of sp³-hybridized carbons (Fsp3) is 1.00. The highest BCUT2D eigenvalue weighted by Gasteiger charge is 2.65. The van der Waals surface area contributed by atoms with Crippen molar-refractivity contribution in [1.82, 2.24) is 5.32 Å². The number of ether oxygens (including phenoxy) is 1. The lowest BCUT2D eigenvalue weighted by atomic mass is 9.46. The van der Waals surface area contributed by atoms with Crippen LogP contribution in [-0.2, 0) is 4.74 Å². The van der Waals surface area contributed by atoms with Gasteiger partial charge in [0.1, 0.15) is 0 Å². The summed E-state index contributed by atoms with van der Waals surface area (Å²) in [5.41, 5.74) is 6.79. The molecule has 3 fully saturated rings. The molecule has 3 N–H and O–H groups in total. The van der Waals surface area contributed by atoms with Gasteiger partial charge in [-0.25, -0.2) is 0 Å². The molecule has 1 heterocycles. The van der Waals surface area contributed by atoms with Gasteiger partial charge >= 0.3 is 0 Å². The number of nitrogens with one attached hydrogen (secondary N) is 1. The van der Waals surface area contributed by atoms with E-state index in [4.69, 9.17) is 10.5 Å². The van der Waals surface area contributed by atoms with E-state index in [0.717, 1.165) is 25.6 Å².